The molecule has 0 aromatic heterocycles. The molecule has 5 N–H and O–H groups in total. The molecule has 0 saturated heterocycles. The fourth-order valence-corrected chi connectivity index (χ4v) is 1.91. The van der Waals surface area contributed by atoms with Gasteiger partial charge >= 0.3 is 0 Å². The number of carbonyl (C=O) groups excluding carboxylic acids is 2. The van der Waals surface area contributed by atoms with Gasteiger partial charge < -0.3 is 30.5 Å². The van der Waals surface area contributed by atoms with Gasteiger partial charge in [-0.1, -0.05) is 30.3 Å². The lowest BCUT2D eigenvalue weighted by molar-refractivity contribution is -0.131. The summed E-state index contributed by atoms with van der Waals surface area (Å²) in [5.41, 5.74) is 0.955. The maximum absolute atomic E-state index is 11.8. The normalized spacial score (nSPS) is 16.4. The number of hydrogen-bond acceptors (Lipinski definition) is 6. The van der Waals surface area contributed by atoms with Crippen LogP contribution in [0.5, 0.6) is 0 Å². The minimum Gasteiger partial charge on any atom is -0.394 e. The highest BCUT2D eigenvalue weighted by molar-refractivity contribution is 5.80. The zero-order valence-electron chi connectivity index (χ0n) is 12.0. The molecule has 0 spiro atoms. The molecule has 4 atom stereocenters. The molecular formula is C15H21NO6. The Morgan fingerprint density at radius 3 is 2.32 bits per heavy atom. The smallest absolute Gasteiger partial charge is 0.220 e. The fourth-order valence-electron chi connectivity index (χ4n) is 1.91. The summed E-state index contributed by atoms with van der Waals surface area (Å²) in [6, 6.07) is 7.91. The quantitative estimate of drug-likeness (QED) is 0.349. The monoisotopic (exact) mass is 311 g/mol. The molecule has 1 rings (SSSR count). The Morgan fingerprint density at radius 1 is 1.14 bits per heavy atom. The van der Waals surface area contributed by atoms with Crippen LogP contribution in [0.3, 0.4) is 0 Å². The second kappa shape index (κ2) is 9.26. The van der Waals surface area contributed by atoms with Crippen molar-refractivity contribution in [2.24, 2.45) is 0 Å². The van der Waals surface area contributed by atoms with E-state index < -0.39 is 36.9 Å². The Morgan fingerprint density at radius 2 is 1.77 bits per heavy atom. The lowest BCUT2D eigenvalue weighted by Crippen LogP contribution is -2.53. The van der Waals surface area contributed by atoms with Crippen molar-refractivity contribution in [1.82, 2.24) is 5.32 Å². The van der Waals surface area contributed by atoms with Gasteiger partial charge in [-0.2, -0.15) is 0 Å². The Bertz CT molecular complexity index is 466. The molecule has 0 heterocycles. The van der Waals surface area contributed by atoms with E-state index in [2.05, 4.69) is 5.32 Å². The van der Waals surface area contributed by atoms with Crippen LogP contribution in [-0.2, 0) is 16.0 Å². The summed E-state index contributed by atoms with van der Waals surface area (Å²) in [4.78, 5) is 22.7. The average molecular weight is 311 g/mol. The first kappa shape index (κ1) is 18.2. The van der Waals surface area contributed by atoms with E-state index in [4.69, 9.17) is 5.11 Å². The van der Waals surface area contributed by atoms with Crippen LogP contribution in [0.1, 0.15) is 12.0 Å². The number of carbonyl (C=O) groups is 2. The summed E-state index contributed by atoms with van der Waals surface area (Å²) in [6.45, 7) is -0.772. The summed E-state index contributed by atoms with van der Waals surface area (Å²) in [5.74, 6) is -0.467. The number of aliphatic hydroxyl groups is 4. The number of nitrogens with one attached hydrogen (secondary N) is 1. The van der Waals surface area contributed by atoms with E-state index in [-0.39, 0.29) is 12.7 Å². The molecule has 0 bridgehead atoms. The molecule has 1 amide bonds. The third-order valence-electron chi connectivity index (χ3n) is 3.26. The molecule has 1 aromatic carbocycles. The average Bonchev–Trinajstić information content (AvgIpc) is 2.56. The minimum atomic E-state index is -1.74. The van der Waals surface area contributed by atoms with Crippen LogP contribution in [-0.4, -0.2) is 63.6 Å². The SMILES string of the molecule is O=C[C@H](NC(=O)CCc1ccccc1)[C@@H](O)[C@H](O)[C@H](O)CO. The molecule has 1 aromatic rings. The van der Waals surface area contributed by atoms with Crippen molar-refractivity contribution >= 4 is 12.2 Å². The topological polar surface area (TPSA) is 127 Å². The predicted molar refractivity (Wildman–Crippen MR) is 77.9 cm³/mol. The summed E-state index contributed by atoms with van der Waals surface area (Å²) >= 11 is 0. The number of benzene rings is 1. The maximum atomic E-state index is 11.8. The van der Waals surface area contributed by atoms with E-state index in [1.165, 1.54) is 0 Å². The number of amides is 1. The second-order valence-corrected chi connectivity index (χ2v) is 4.95. The highest BCUT2D eigenvalue weighted by Crippen LogP contribution is 2.06. The maximum Gasteiger partial charge on any atom is 0.220 e. The van der Waals surface area contributed by atoms with Gasteiger partial charge in [0.25, 0.3) is 0 Å². The molecule has 7 nitrogen and oxygen atoms in total. The Labute approximate surface area is 128 Å². The summed E-state index contributed by atoms with van der Waals surface area (Å²) in [7, 11) is 0. The molecule has 0 aliphatic heterocycles. The molecule has 22 heavy (non-hydrogen) atoms. The lowest BCUT2D eigenvalue weighted by Gasteiger charge is -2.26. The summed E-state index contributed by atoms with van der Waals surface area (Å²) < 4.78 is 0. The molecule has 0 aliphatic carbocycles. The van der Waals surface area contributed by atoms with Crippen molar-refractivity contribution in [3.8, 4) is 0 Å². The second-order valence-electron chi connectivity index (χ2n) is 4.95. The van der Waals surface area contributed by atoms with Crippen molar-refractivity contribution in [1.29, 1.82) is 0 Å². The molecule has 0 radical (unpaired) electrons. The van der Waals surface area contributed by atoms with Crippen LogP contribution >= 0.6 is 0 Å². The zero-order valence-corrected chi connectivity index (χ0v) is 12.0. The Hall–Kier alpha value is -1.80. The van der Waals surface area contributed by atoms with E-state index in [0.717, 1.165) is 5.56 Å². The molecule has 0 saturated carbocycles. The number of aliphatic hydroxyl groups excluding tert-OH is 4. The van der Waals surface area contributed by atoms with Crippen LogP contribution < -0.4 is 5.32 Å². The van der Waals surface area contributed by atoms with E-state index in [0.29, 0.717) is 6.42 Å². The van der Waals surface area contributed by atoms with Crippen LogP contribution in [0.4, 0.5) is 0 Å². The van der Waals surface area contributed by atoms with Gasteiger partial charge in [-0.3, -0.25) is 4.79 Å². The molecule has 7 heteroatoms. The van der Waals surface area contributed by atoms with Crippen molar-refractivity contribution in [3.63, 3.8) is 0 Å². The third-order valence-corrected chi connectivity index (χ3v) is 3.26. The number of aryl methyl sites for hydroxylation is 1. The van der Waals surface area contributed by atoms with Crippen LogP contribution in [0.25, 0.3) is 0 Å². The lowest BCUT2D eigenvalue weighted by atomic mass is 10.0. The molecule has 0 unspecified atom stereocenters. The molecule has 122 valence electrons. The van der Waals surface area contributed by atoms with Crippen LogP contribution in [0, 0.1) is 0 Å². The van der Waals surface area contributed by atoms with Crippen molar-refractivity contribution < 1.29 is 30.0 Å². The van der Waals surface area contributed by atoms with Gasteiger partial charge in [-0.05, 0) is 12.0 Å². The first-order chi connectivity index (χ1) is 10.5. The largest absolute Gasteiger partial charge is 0.394 e. The van der Waals surface area contributed by atoms with Gasteiger partial charge in [0.2, 0.25) is 5.91 Å². The van der Waals surface area contributed by atoms with Crippen molar-refractivity contribution in [2.45, 2.75) is 37.2 Å². The van der Waals surface area contributed by atoms with Crippen molar-refractivity contribution in [2.75, 3.05) is 6.61 Å². The highest BCUT2D eigenvalue weighted by Gasteiger charge is 2.31. The molecule has 0 fully saturated rings. The first-order valence-electron chi connectivity index (χ1n) is 6.93. The van der Waals surface area contributed by atoms with E-state index in [1.807, 2.05) is 30.3 Å². The fraction of sp³-hybridized carbons (Fsp3) is 0.467. The zero-order chi connectivity index (χ0) is 16.5. The first-order valence-corrected chi connectivity index (χ1v) is 6.93. The van der Waals surface area contributed by atoms with Gasteiger partial charge in [0.05, 0.1) is 6.61 Å². The van der Waals surface area contributed by atoms with Crippen LogP contribution in [0.2, 0.25) is 0 Å². The number of hydrogen-bond donors (Lipinski definition) is 5. The van der Waals surface area contributed by atoms with Crippen LogP contribution in [0.15, 0.2) is 30.3 Å². The Kier molecular flexibility index (Phi) is 7.69. The molecule has 0 aliphatic rings. The summed E-state index contributed by atoms with van der Waals surface area (Å²) in [5, 5.41) is 39.5. The van der Waals surface area contributed by atoms with Gasteiger partial charge in [-0.25, -0.2) is 0 Å². The van der Waals surface area contributed by atoms with Gasteiger partial charge in [0, 0.05) is 6.42 Å². The Balaban J connectivity index is 2.51. The van der Waals surface area contributed by atoms with Gasteiger partial charge in [-0.15, -0.1) is 0 Å². The minimum absolute atomic E-state index is 0.111. The van der Waals surface area contributed by atoms with E-state index in [1.54, 1.807) is 0 Å². The third kappa shape index (κ3) is 5.53. The molecular weight excluding hydrogens is 290 g/mol. The standard InChI is InChI=1S/C15H21NO6/c17-8-11(14(21)15(22)12(19)9-18)16-13(20)7-6-10-4-2-1-3-5-10/h1-5,8,11-12,14-15,18-19,21-22H,6-7,9H2,(H,16,20)/t11-,12+,14+,15+/m0/s1. The van der Waals surface area contributed by atoms with E-state index in [9.17, 15) is 24.9 Å². The van der Waals surface area contributed by atoms with Gasteiger partial charge in [0.1, 0.15) is 30.6 Å². The predicted octanol–water partition coefficient (Wildman–Crippen LogP) is -1.62. The number of rotatable bonds is 9. The van der Waals surface area contributed by atoms with E-state index >= 15 is 0 Å². The summed E-state index contributed by atoms with van der Waals surface area (Å²) in [6.07, 6.45) is -4.19. The van der Waals surface area contributed by atoms with Crippen molar-refractivity contribution in [3.05, 3.63) is 35.9 Å². The van der Waals surface area contributed by atoms with Gasteiger partial charge in [0.15, 0.2) is 0 Å². The highest BCUT2D eigenvalue weighted by atomic mass is 16.4. The number of aldehydes is 1.